The molecule has 3 aromatic heterocycles. The first-order valence-electron chi connectivity index (χ1n) is 10.2. The average Bonchev–Trinajstić information content (AvgIpc) is 3.32. The van der Waals surface area contributed by atoms with E-state index in [1.54, 1.807) is 20.2 Å². The van der Waals surface area contributed by atoms with Gasteiger partial charge in [-0.3, -0.25) is 4.79 Å². The highest BCUT2D eigenvalue weighted by Crippen LogP contribution is 2.35. The molecule has 0 unspecified atom stereocenters. The van der Waals surface area contributed by atoms with Crippen LogP contribution in [0.25, 0.3) is 11.2 Å². The van der Waals surface area contributed by atoms with Gasteiger partial charge in [0.2, 0.25) is 11.7 Å². The Bertz CT molecular complexity index is 1170. The first kappa shape index (κ1) is 21.2. The molecular weight excluding hydrogens is 414 g/mol. The first-order chi connectivity index (χ1) is 14.7. The molecule has 0 bridgehead atoms. The first-order valence-corrected chi connectivity index (χ1v) is 11.1. The van der Waals surface area contributed by atoms with Crippen molar-refractivity contribution in [1.29, 1.82) is 0 Å². The Morgan fingerprint density at radius 3 is 2.68 bits per heavy atom. The van der Waals surface area contributed by atoms with Crippen LogP contribution in [0.5, 0.6) is 0 Å². The molecule has 1 saturated carbocycles. The Morgan fingerprint density at radius 1 is 1.29 bits per heavy atom. The second-order valence-electron chi connectivity index (χ2n) is 8.35. The largest absolute Gasteiger partial charge is 0.382 e. The number of nitrogens with zero attached hydrogens (tertiary/aromatic N) is 5. The fraction of sp³-hybridized carbons (Fsp3) is 0.476. The number of aliphatic hydroxyl groups is 1. The van der Waals surface area contributed by atoms with Gasteiger partial charge < -0.3 is 20.7 Å². The summed E-state index contributed by atoms with van der Waals surface area (Å²) in [6.45, 7) is 5.09. The summed E-state index contributed by atoms with van der Waals surface area (Å²) in [5.74, 6) is 5.99. The van der Waals surface area contributed by atoms with Crippen molar-refractivity contribution in [2.75, 3.05) is 11.1 Å². The number of fused-ring (bicyclic) bond motifs is 1. The van der Waals surface area contributed by atoms with Crippen LogP contribution in [0.15, 0.2) is 11.7 Å². The quantitative estimate of drug-likeness (QED) is 0.535. The number of nitrogens with one attached hydrogen (secondary N) is 1. The van der Waals surface area contributed by atoms with E-state index in [1.807, 2.05) is 16.9 Å². The summed E-state index contributed by atoms with van der Waals surface area (Å²) >= 11 is 1.44. The van der Waals surface area contributed by atoms with E-state index in [9.17, 15) is 9.90 Å². The van der Waals surface area contributed by atoms with E-state index in [0.29, 0.717) is 16.3 Å². The van der Waals surface area contributed by atoms with Crippen molar-refractivity contribution in [3.8, 4) is 11.8 Å². The standard InChI is InChI=1S/C21H25N7O2S/c1-12-10-31-20(24-12)27-19(29)13-4-6-14(7-5-13)28-11-23-16-17(22)25-15(26-18(16)28)8-9-21(2,3)30/h10-11,13-14,30H,4-7H2,1-3H3,(H2,22,25,26)(H,24,27,29). The lowest BCUT2D eigenvalue weighted by Gasteiger charge is -2.28. The van der Waals surface area contributed by atoms with E-state index in [2.05, 4.69) is 37.1 Å². The minimum Gasteiger partial charge on any atom is -0.382 e. The molecule has 0 saturated heterocycles. The lowest BCUT2D eigenvalue weighted by molar-refractivity contribution is -0.120. The van der Waals surface area contributed by atoms with Crippen molar-refractivity contribution >= 4 is 39.4 Å². The summed E-state index contributed by atoms with van der Waals surface area (Å²) in [6, 6.07) is 0.167. The maximum Gasteiger partial charge on any atom is 0.229 e. The van der Waals surface area contributed by atoms with Gasteiger partial charge in [-0.25, -0.2) is 19.9 Å². The molecule has 1 fully saturated rings. The predicted molar refractivity (Wildman–Crippen MR) is 119 cm³/mol. The third-order valence-electron chi connectivity index (χ3n) is 5.24. The van der Waals surface area contributed by atoms with Crippen LogP contribution >= 0.6 is 11.3 Å². The molecule has 1 aliphatic carbocycles. The van der Waals surface area contributed by atoms with Gasteiger partial charge in [0.1, 0.15) is 11.1 Å². The highest BCUT2D eigenvalue weighted by molar-refractivity contribution is 7.13. The molecule has 0 aromatic carbocycles. The Morgan fingerprint density at radius 2 is 2.03 bits per heavy atom. The van der Waals surface area contributed by atoms with Gasteiger partial charge in [-0.15, -0.1) is 11.3 Å². The third kappa shape index (κ3) is 4.84. The summed E-state index contributed by atoms with van der Waals surface area (Å²) in [4.78, 5) is 30.0. The van der Waals surface area contributed by atoms with Crippen molar-refractivity contribution in [1.82, 2.24) is 24.5 Å². The van der Waals surface area contributed by atoms with E-state index in [0.717, 1.165) is 31.4 Å². The van der Waals surface area contributed by atoms with E-state index in [1.165, 1.54) is 11.3 Å². The highest BCUT2D eigenvalue weighted by Gasteiger charge is 2.29. The van der Waals surface area contributed by atoms with Gasteiger partial charge in [0.05, 0.1) is 12.0 Å². The number of amides is 1. The molecule has 31 heavy (non-hydrogen) atoms. The number of thiazole rings is 1. The molecule has 4 rings (SSSR count). The van der Waals surface area contributed by atoms with Gasteiger partial charge in [0, 0.05) is 17.3 Å². The Labute approximate surface area is 184 Å². The van der Waals surface area contributed by atoms with Gasteiger partial charge >= 0.3 is 0 Å². The fourth-order valence-corrected chi connectivity index (χ4v) is 4.40. The van der Waals surface area contributed by atoms with Crippen LogP contribution in [0.2, 0.25) is 0 Å². The lowest BCUT2D eigenvalue weighted by Crippen LogP contribution is -2.28. The monoisotopic (exact) mass is 439 g/mol. The molecular formula is C21H25N7O2S. The Hall–Kier alpha value is -3.03. The van der Waals surface area contributed by atoms with Crippen molar-refractivity contribution < 1.29 is 9.90 Å². The van der Waals surface area contributed by atoms with Crippen molar-refractivity contribution in [3.63, 3.8) is 0 Å². The molecule has 10 heteroatoms. The number of carbonyl (C=O) groups excluding carboxylic acids is 1. The molecule has 0 aliphatic heterocycles. The van der Waals surface area contributed by atoms with E-state index >= 15 is 0 Å². The van der Waals surface area contributed by atoms with E-state index in [-0.39, 0.29) is 29.5 Å². The third-order valence-corrected chi connectivity index (χ3v) is 6.11. The molecule has 1 amide bonds. The topological polar surface area (TPSA) is 132 Å². The fourth-order valence-electron chi connectivity index (χ4n) is 3.71. The number of aromatic nitrogens is 5. The maximum atomic E-state index is 12.6. The van der Waals surface area contributed by atoms with Gasteiger partial charge in [-0.1, -0.05) is 5.92 Å². The van der Waals surface area contributed by atoms with Crippen LogP contribution in [-0.2, 0) is 4.79 Å². The molecule has 4 N–H and O–H groups in total. The molecule has 0 atom stereocenters. The number of anilines is 2. The van der Waals surface area contributed by atoms with Crippen LogP contribution < -0.4 is 11.1 Å². The maximum absolute atomic E-state index is 12.6. The van der Waals surface area contributed by atoms with Crippen LogP contribution in [-0.4, -0.2) is 41.1 Å². The number of nitrogen functional groups attached to an aromatic ring is 1. The number of hydrogen-bond acceptors (Lipinski definition) is 8. The average molecular weight is 440 g/mol. The lowest BCUT2D eigenvalue weighted by atomic mass is 9.85. The van der Waals surface area contributed by atoms with Crippen LogP contribution in [0.1, 0.15) is 57.1 Å². The number of carbonyl (C=O) groups is 1. The van der Waals surface area contributed by atoms with Crippen LogP contribution in [0, 0.1) is 24.7 Å². The summed E-state index contributed by atoms with van der Waals surface area (Å²) in [7, 11) is 0. The minimum absolute atomic E-state index is 0.0269. The van der Waals surface area contributed by atoms with Crippen molar-refractivity contribution in [3.05, 3.63) is 23.2 Å². The Kier molecular flexibility index (Phi) is 5.64. The van der Waals surface area contributed by atoms with Crippen molar-refractivity contribution in [2.45, 2.75) is 58.1 Å². The second-order valence-corrected chi connectivity index (χ2v) is 9.21. The summed E-state index contributed by atoms with van der Waals surface area (Å²) in [6.07, 6.45) is 4.93. The highest BCUT2D eigenvalue weighted by atomic mass is 32.1. The molecule has 0 radical (unpaired) electrons. The molecule has 3 heterocycles. The molecule has 1 aliphatic rings. The van der Waals surface area contributed by atoms with Crippen LogP contribution in [0.4, 0.5) is 10.9 Å². The predicted octanol–water partition coefficient (Wildman–Crippen LogP) is 2.67. The number of aryl methyl sites for hydroxylation is 1. The zero-order valence-electron chi connectivity index (χ0n) is 17.7. The number of rotatable bonds is 3. The summed E-state index contributed by atoms with van der Waals surface area (Å²) in [5, 5.41) is 15.3. The number of hydrogen-bond donors (Lipinski definition) is 3. The van der Waals surface area contributed by atoms with E-state index in [4.69, 9.17) is 5.73 Å². The number of imidazole rings is 1. The summed E-state index contributed by atoms with van der Waals surface area (Å²) < 4.78 is 2.00. The second kappa shape index (κ2) is 8.24. The van der Waals surface area contributed by atoms with Crippen molar-refractivity contribution in [2.24, 2.45) is 5.92 Å². The number of nitrogens with two attached hydrogens (primary N) is 1. The normalized spacial score (nSPS) is 19.1. The van der Waals surface area contributed by atoms with E-state index < -0.39 is 5.60 Å². The van der Waals surface area contributed by atoms with Gasteiger partial charge in [0.15, 0.2) is 16.6 Å². The van der Waals surface area contributed by atoms with Gasteiger partial charge in [-0.05, 0) is 52.4 Å². The minimum atomic E-state index is -1.15. The summed E-state index contributed by atoms with van der Waals surface area (Å²) in [5.41, 5.74) is 6.98. The molecule has 3 aromatic rings. The Balaban J connectivity index is 1.49. The zero-order chi connectivity index (χ0) is 22.2. The van der Waals surface area contributed by atoms with Gasteiger partial charge in [0.25, 0.3) is 0 Å². The zero-order valence-corrected chi connectivity index (χ0v) is 18.5. The SMILES string of the molecule is Cc1csc(NC(=O)C2CCC(n3cnc4c(N)nc(C#CC(C)(C)O)nc43)CC2)n1. The smallest absolute Gasteiger partial charge is 0.229 e. The van der Waals surface area contributed by atoms with Gasteiger partial charge in [-0.2, -0.15) is 0 Å². The molecule has 0 spiro atoms. The molecule has 9 nitrogen and oxygen atoms in total. The molecule has 162 valence electrons. The van der Waals surface area contributed by atoms with Crippen LogP contribution in [0.3, 0.4) is 0 Å².